The van der Waals surface area contributed by atoms with Crippen molar-refractivity contribution in [1.82, 2.24) is 5.32 Å². The summed E-state index contributed by atoms with van der Waals surface area (Å²) in [7, 11) is 0. The van der Waals surface area contributed by atoms with Crippen LogP contribution in [0, 0.1) is 11.8 Å². The van der Waals surface area contributed by atoms with E-state index in [9.17, 15) is 14.4 Å². The van der Waals surface area contributed by atoms with E-state index in [-0.39, 0.29) is 23.7 Å². The van der Waals surface area contributed by atoms with Crippen molar-refractivity contribution in [2.45, 2.75) is 39.5 Å². The highest BCUT2D eigenvalue weighted by molar-refractivity contribution is 5.93. The first kappa shape index (κ1) is 15.6. The molecule has 1 fully saturated rings. The van der Waals surface area contributed by atoms with Gasteiger partial charge >= 0.3 is 0 Å². The molecule has 98 valence electrons. The van der Waals surface area contributed by atoms with Gasteiger partial charge in [-0.05, 0) is 18.8 Å². The molecule has 1 aliphatic rings. The average Bonchev–Trinajstić information content (AvgIpc) is 2.60. The van der Waals surface area contributed by atoms with Gasteiger partial charge in [0.1, 0.15) is 6.29 Å². The van der Waals surface area contributed by atoms with Crippen LogP contribution in [0.15, 0.2) is 0 Å². The topological polar surface area (TPSA) is 89.3 Å². The van der Waals surface area contributed by atoms with Crippen molar-refractivity contribution in [3.8, 4) is 0 Å². The molecule has 0 aromatic carbocycles. The molecule has 17 heavy (non-hydrogen) atoms. The maximum Gasteiger partial charge on any atom is 0.230 e. The minimum Gasteiger partial charge on any atom is -0.370 e. The summed E-state index contributed by atoms with van der Waals surface area (Å²) in [4.78, 5) is 31.2. The standard InChI is InChI=1S/C8H13NO2.C4H9NO/c1-2-3-6-4-9-8(11)7(6)5-10;1-2-3-4(5)6/h5-7H,2-4H2,1H3,(H,9,11);2-3H2,1H3,(H2,5,6)/t6-,7?;/m0./s1. The minimum atomic E-state index is -0.380. The summed E-state index contributed by atoms with van der Waals surface area (Å²) in [6.45, 7) is 4.66. The van der Waals surface area contributed by atoms with Gasteiger partial charge in [-0.15, -0.1) is 0 Å². The molecule has 0 spiro atoms. The zero-order chi connectivity index (χ0) is 13.3. The SMILES string of the molecule is CCCC(N)=O.CCC[C@H]1CNC(=O)C1C=O. The largest absolute Gasteiger partial charge is 0.370 e. The van der Waals surface area contributed by atoms with E-state index in [4.69, 9.17) is 5.73 Å². The fourth-order valence-electron chi connectivity index (χ4n) is 1.76. The van der Waals surface area contributed by atoms with E-state index in [1.54, 1.807) is 0 Å². The third-order valence-electron chi connectivity index (χ3n) is 2.65. The summed E-state index contributed by atoms with van der Waals surface area (Å²) in [5.74, 6) is -0.448. The number of aldehydes is 1. The third-order valence-corrected chi connectivity index (χ3v) is 2.65. The number of amides is 2. The van der Waals surface area contributed by atoms with Crippen LogP contribution in [-0.2, 0) is 14.4 Å². The number of primary amides is 1. The first-order valence-corrected chi connectivity index (χ1v) is 6.08. The van der Waals surface area contributed by atoms with Gasteiger partial charge in [-0.3, -0.25) is 9.59 Å². The molecule has 1 rings (SSSR count). The molecule has 5 nitrogen and oxygen atoms in total. The zero-order valence-electron chi connectivity index (χ0n) is 10.6. The van der Waals surface area contributed by atoms with Gasteiger partial charge in [-0.1, -0.05) is 20.3 Å². The van der Waals surface area contributed by atoms with Crippen LogP contribution < -0.4 is 11.1 Å². The van der Waals surface area contributed by atoms with Gasteiger partial charge in [0.05, 0.1) is 5.92 Å². The maximum absolute atomic E-state index is 10.9. The smallest absolute Gasteiger partial charge is 0.230 e. The number of carbonyl (C=O) groups excluding carboxylic acids is 3. The van der Waals surface area contributed by atoms with E-state index in [1.165, 1.54) is 0 Å². The average molecular weight is 242 g/mol. The Morgan fingerprint density at radius 3 is 2.47 bits per heavy atom. The van der Waals surface area contributed by atoms with Gasteiger partial charge in [0.15, 0.2) is 0 Å². The predicted octanol–water partition coefficient (Wildman–Crippen LogP) is 0.619. The molecule has 0 aliphatic carbocycles. The Bertz CT molecular complexity index is 266. The second-order valence-electron chi connectivity index (χ2n) is 4.17. The van der Waals surface area contributed by atoms with Crippen molar-refractivity contribution >= 4 is 18.1 Å². The Labute approximate surface area is 102 Å². The molecule has 5 heteroatoms. The normalized spacial score (nSPS) is 22.4. The molecule has 0 aromatic heterocycles. The molecule has 2 amide bonds. The number of hydrogen-bond acceptors (Lipinski definition) is 3. The Morgan fingerprint density at radius 1 is 1.47 bits per heavy atom. The van der Waals surface area contributed by atoms with Crippen LogP contribution in [0.5, 0.6) is 0 Å². The lowest BCUT2D eigenvalue weighted by Gasteiger charge is -2.08. The Morgan fingerprint density at radius 2 is 2.12 bits per heavy atom. The van der Waals surface area contributed by atoms with E-state index in [0.29, 0.717) is 13.0 Å². The summed E-state index contributed by atoms with van der Waals surface area (Å²) in [6, 6.07) is 0. The molecule has 1 saturated heterocycles. The lowest BCUT2D eigenvalue weighted by atomic mass is 9.93. The summed E-state index contributed by atoms with van der Waals surface area (Å²) in [5.41, 5.74) is 4.76. The van der Waals surface area contributed by atoms with Crippen LogP contribution in [0.25, 0.3) is 0 Å². The summed E-state index contributed by atoms with van der Waals surface area (Å²) >= 11 is 0. The lowest BCUT2D eigenvalue weighted by molar-refractivity contribution is -0.127. The number of rotatable bonds is 5. The molecule has 0 bridgehead atoms. The van der Waals surface area contributed by atoms with Crippen LogP contribution in [0.3, 0.4) is 0 Å². The number of carbonyl (C=O) groups is 3. The molecule has 0 radical (unpaired) electrons. The van der Waals surface area contributed by atoms with Gasteiger partial charge in [-0.25, -0.2) is 0 Å². The first-order valence-electron chi connectivity index (χ1n) is 6.08. The minimum absolute atomic E-state index is 0.0987. The number of nitrogens with two attached hydrogens (primary N) is 1. The highest BCUT2D eigenvalue weighted by Crippen LogP contribution is 2.20. The van der Waals surface area contributed by atoms with E-state index in [1.807, 2.05) is 6.92 Å². The quantitative estimate of drug-likeness (QED) is 0.547. The highest BCUT2D eigenvalue weighted by Gasteiger charge is 2.33. The molecule has 0 saturated carbocycles. The van der Waals surface area contributed by atoms with Crippen molar-refractivity contribution in [3.05, 3.63) is 0 Å². The van der Waals surface area contributed by atoms with E-state index in [2.05, 4.69) is 12.2 Å². The number of nitrogens with one attached hydrogen (secondary N) is 1. The van der Waals surface area contributed by atoms with Crippen LogP contribution >= 0.6 is 0 Å². The molecular weight excluding hydrogens is 220 g/mol. The Balaban J connectivity index is 0.000000366. The highest BCUT2D eigenvalue weighted by atomic mass is 16.2. The maximum atomic E-state index is 10.9. The van der Waals surface area contributed by atoms with Crippen molar-refractivity contribution in [3.63, 3.8) is 0 Å². The fourth-order valence-corrected chi connectivity index (χ4v) is 1.76. The first-order chi connectivity index (χ1) is 8.06. The second-order valence-corrected chi connectivity index (χ2v) is 4.17. The fraction of sp³-hybridized carbons (Fsp3) is 0.750. The number of hydrogen-bond donors (Lipinski definition) is 2. The van der Waals surface area contributed by atoms with E-state index >= 15 is 0 Å². The molecule has 2 atom stereocenters. The molecule has 1 unspecified atom stereocenters. The van der Waals surface area contributed by atoms with Crippen molar-refractivity contribution in [2.24, 2.45) is 17.6 Å². The van der Waals surface area contributed by atoms with Crippen LogP contribution in [0.1, 0.15) is 39.5 Å². The van der Waals surface area contributed by atoms with Gasteiger partial charge < -0.3 is 15.8 Å². The molecule has 1 heterocycles. The summed E-state index contributed by atoms with van der Waals surface area (Å²) < 4.78 is 0. The van der Waals surface area contributed by atoms with Crippen LogP contribution in [-0.4, -0.2) is 24.6 Å². The molecule has 1 aliphatic heterocycles. The van der Waals surface area contributed by atoms with Crippen molar-refractivity contribution in [2.75, 3.05) is 6.54 Å². The molecule has 0 aromatic rings. The summed E-state index contributed by atoms with van der Waals surface area (Å²) in [5, 5.41) is 2.69. The van der Waals surface area contributed by atoms with Crippen molar-refractivity contribution < 1.29 is 14.4 Å². The predicted molar refractivity (Wildman–Crippen MR) is 65.1 cm³/mol. The van der Waals surface area contributed by atoms with Crippen LogP contribution in [0.2, 0.25) is 0 Å². The zero-order valence-corrected chi connectivity index (χ0v) is 10.6. The lowest BCUT2D eigenvalue weighted by Crippen LogP contribution is -2.20. The summed E-state index contributed by atoms with van der Waals surface area (Å²) in [6.07, 6.45) is 4.13. The second kappa shape index (κ2) is 8.73. The van der Waals surface area contributed by atoms with Crippen LogP contribution in [0.4, 0.5) is 0 Å². The Kier molecular flexibility index (Phi) is 8.01. The van der Waals surface area contributed by atoms with E-state index in [0.717, 1.165) is 25.5 Å². The molecular formula is C12H22N2O3. The monoisotopic (exact) mass is 242 g/mol. The van der Waals surface area contributed by atoms with Crippen molar-refractivity contribution in [1.29, 1.82) is 0 Å². The van der Waals surface area contributed by atoms with E-state index < -0.39 is 0 Å². The third kappa shape index (κ3) is 6.04. The Hall–Kier alpha value is -1.39. The van der Waals surface area contributed by atoms with Gasteiger partial charge in [0, 0.05) is 13.0 Å². The molecule has 3 N–H and O–H groups in total. The van der Waals surface area contributed by atoms with Gasteiger partial charge in [0.2, 0.25) is 11.8 Å². The van der Waals surface area contributed by atoms with Gasteiger partial charge in [0.25, 0.3) is 0 Å². The van der Waals surface area contributed by atoms with Gasteiger partial charge in [-0.2, -0.15) is 0 Å².